The third-order valence-corrected chi connectivity index (χ3v) is 5.14. The first-order valence-corrected chi connectivity index (χ1v) is 9.37. The molecule has 2 fully saturated rings. The van der Waals surface area contributed by atoms with Crippen LogP contribution in [0.3, 0.4) is 0 Å². The van der Waals surface area contributed by atoms with E-state index in [0.29, 0.717) is 11.7 Å². The smallest absolute Gasteiger partial charge is 0.319 e. The first-order valence-electron chi connectivity index (χ1n) is 9.37. The lowest BCUT2D eigenvalue weighted by molar-refractivity contribution is -0.117. The number of carbonyl (C=O) groups is 2. The van der Waals surface area contributed by atoms with Gasteiger partial charge in [-0.05, 0) is 43.4 Å². The van der Waals surface area contributed by atoms with Gasteiger partial charge in [0.25, 0.3) is 0 Å². The summed E-state index contributed by atoms with van der Waals surface area (Å²) in [4.78, 5) is 25.8. The molecule has 1 aromatic carbocycles. The average molecular weight is 360 g/mol. The molecule has 0 unspecified atom stereocenters. The molecule has 1 aromatic rings. The van der Waals surface area contributed by atoms with Gasteiger partial charge in [-0.25, -0.2) is 4.79 Å². The molecular formula is C19H28N4O3. The van der Waals surface area contributed by atoms with E-state index in [1.807, 2.05) is 6.07 Å². The summed E-state index contributed by atoms with van der Waals surface area (Å²) in [6.45, 7) is 3.76. The highest BCUT2D eigenvalue weighted by Crippen LogP contribution is 2.20. The zero-order valence-corrected chi connectivity index (χ0v) is 15.1. The number of anilines is 1. The van der Waals surface area contributed by atoms with Crippen molar-refractivity contribution >= 4 is 17.6 Å². The Bertz CT molecular complexity index is 623. The summed E-state index contributed by atoms with van der Waals surface area (Å²) in [5.41, 5.74) is 6.67. The van der Waals surface area contributed by atoms with Gasteiger partial charge >= 0.3 is 6.03 Å². The Labute approximate surface area is 154 Å². The van der Waals surface area contributed by atoms with Crippen molar-refractivity contribution in [3.63, 3.8) is 0 Å². The first-order chi connectivity index (χ1) is 12.6. The third kappa shape index (κ3) is 5.44. The first kappa shape index (κ1) is 18.7. The average Bonchev–Trinajstić information content (AvgIpc) is 2.63. The molecular weight excluding hydrogens is 332 g/mol. The highest BCUT2D eigenvalue weighted by atomic mass is 16.5. The molecule has 7 nitrogen and oxygen atoms in total. The van der Waals surface area contributed by atoms with Crippen LogP contribution in [0.5, 0.6) is 0 Å². The lowest BCUT2D eigenvalue weighted by atomic mass is 10.00. The van der Waals surface area contributed by atoms with E-state index in [4.69, 9.17) is 10.5 Å². The number of likely N-dealkylation sites (tertiary alicyclic amines) is 1. The van der Waals surface area contributed by atoms with Gasteiger partial charge < -0.3 is 26.0 Å². The van der Waals surface area contributed by atoms with Crippen LogP contribution in [0.1, 0.15) is 31.2 Å². The van der Waals surface area contributed by atoms with Crippen LogP contribution in [-0.2, 0) is 16.0 Å². The molecule has 142 valence electrons. The second-order valence-corrected chi connectivity index (χ2v) is 7.10. The molecule has 0 aromatic heterocycles. The van der Waals surface area contributed by atoms with Crippen LogP contribution in [0.15, 0.2) is 24.3 Å². The van der Waals surface area contributed by atoms with Crippen molar-refractivity contribution < 1.29 is 14.3 Å². The molecule has 2 aliphatic heterocycles. The topological polar surface area (TPSA) is 96.7 Å². The summed E-state index contributed by atoms with van der Waals surface area (Å²) in [5, 5.41) is 5.90. The molecule has 0 bridgehead atoms. The fourth-order valence-electron chi connectivity index (χ4n) is 3.77. The summed E-state index contributed by atoms with van der Waals surface area (Å²) in [6, 6.07) is 7.83. The number of amides is 3. The van der Waals surface area contributed by atoms with E-state index in [9.17, 15) is 9.59 Å². The second-order valence-electron chi connectivity index (χ2n) is 7.10. The fourth-order valence-corrected chi connectivity index (χ4v) is 3.77. The number of ether oxygens (including phenoxy) is 1. The van der Waals surface area contributed by atoms with Crippen molar-refractivity contribution in [2.24, 2.45) is 5.73 Å². The number of hydrogen-bond acceptors (Lipinski definition) is 4. The molecule has 3 amide bonds. The standard InChI is InChI=1S/C19H28N4O3/c20-18(24)13-14-2-1-3-16(12-14)22-19(25)21-15-4-8-23(9-5-15)17-6-10-26-11-7-17/h1-3,12,15,17H,4-11,13H2,(H2,20,24)(H2,21,22,25). The molecule has 26 heavy (non-hydrogen) atoms. The molecule has 7 heteroatoms. The van der Waals surface area contributed by atoms with Crippen molar-refractivity contribution in [1.29, 1.82) is 0 Å². The van der Waals surface area contributed by atoms with E-state index in [1.165, 1.54) is 0 Å². The van der Waals surface area contributed by atoms with Crippen molar-refractivity contribution in [2.75, 3.05) is 31.6 Å². The molecule has 0 atom stereocenters. The van der Waals surface area contributed by atoms with Crippen LogP contribution in [0.2, 0.25) is 0 Å². The van der Waals surface area contributed by atoms with Gasteiger partial charge in [-0.1, -0.05) is 12.1 Å². The van der Waals surface area contributed by atoms with Crippen LogP contribution in [0.4, 0.5) is 10.5 Å². The fraction of sp³-hybridized carbons (Fsp3) is 0.579. The molecule has 2 aliphatic rings. The molecule has 3 rings (SSSR count). The summed E-state index contributed by atoms with van der Waals surface area (Å²) >= 11 is 0. The Balaban J connectivity index is 1.43. The van der Waals surface area contributed by atoms with Crippen LogP contribution >= 0.6 is 0 Å². The number of carbonyl (C=O) groups excluding carboxylic acids is 2. The SMILES string of the molecule is NC(=O)Cc1cccc(NC(=O)NC2CCN(C3CCOCC3)CC2)c1. The van der Waals surface area contributed by atoms with Gasteiger partial charge in [0.2, 0.25) is 5.91 Å². The highest BCUT2D eigenvalue weighted by molar-refractivity contribution is 5.89. The summed E-state index contributed by atoms with van der Waals surface area (Å²) in [5.74, 6) is -0.386. The van der Waals surface area contributed by atoms with Crippen molar-refractivity contribution in [1.82, 2.24) is 10.2 Å². The Hall–Kier alpha value is -2.12. The number of primary amides is 1. The predicted molar refractivity (Wildman–Crippen MR) is 99.9 cm³/mol. The minimum Gasteiger partial charge on any atom is -0.381 e. The molecule has 2 heterocycles. The number of nitrogens with two attached hydrogens (primary N) is 1. The highest BCUT2D eigenvalue weighted by Gasteiger charge is 2.27. The normalized spacial score (nSPS) is 19.8. The lowest BCUT2D eigenvalue weighted by Crippen LogP contribution is -2.49. The number of piperidine rings is 1. The number of benzene rings is 1. The van der Waals surface area contributed by atoms with Gasteiger partial charge in [0.1, 0.15) is 0 Å². The minimum atomic E-state index is -0.386. The molecule has 4 N–H and O–H groups in total. The van der Waals surface area contributed by atoms with E-state index in [0.717, 1.165) is 57.6 Å². The van der Waals surface area contributed by atoms with E-state index < -0.39 is 0 Å². The Morgan fingerprint density at radius 2 is 1.88 bits per heavy atom. The largest absolute Gasteiger partial charge is 0.381 e. The zero-order chi connectivity index (χ0) is 18.4. The molecule has 0 spiro atoms. The lowest BCUT2D eigenvalue weighted by Gasteiger charge is -2.39. The van der Waals surface area contributed by atoms with Gasteiger partial charge in [0, 0.05) is 44.1 Å². The maximum absolute atomic E-state index is 12.3. The predicted octanol–water partition coefficient (Wildman–Crippen LogP) is 1.48. The van der Waals surface area contributed by atoms with E-state index >= 15 is 0 Å². The van der Waals surface area contributed by atoms with Crippen LogP contribution < -0.4 is 16.4 Å². The maximum atomic E-state index is 12.3. The number of nitrogens with one attached hydrogen (secondary N) is 2. The number of nitrogens with zero attached hydrogens (tertiary/aromatic N) is 1. The van der Waals surface area contributed by atoms with E-state index in [2.05, 4.69) is 15.5 Å². The third-order valence-electron chi connectivity index (χ3n) is 5.14. The quantitative estimate of drug-likeness (QED) is 0.741. The van der Waals surface area contributed by atoms with Crippen molar-refractivity contribution in [2.45, 2.75) is 44.2 Å². The number of hydrogen-bond donors (Lipinski definition) is 3. The van der Waals surface area contributed by atoms with Crippen LogP contribution in [-0.4, -0.2) is 55.2 Å². The number of urea groups is 1. The Kier molecular flexibility index (Phi) is 6.46. The number of rotatable bonds is 5. The monoisotopic (exact) mass is 360 g/mol. The molecule has 2 saturated heterocycles. The summed E-state index contributed by atoms with van der Waals surface area (Å²) in [6.07, 6.45) is 4.32. The van der Waals surface area contributed by atoms with Crippen LogP contribution in [0.25, 0.3) is 0 Å². The molecule has 0 radical (unpaired) electrons. The van der Waals surface area contributed by atoms with Crippen molar-refractivity contribution in [3.8, 4) is 0 Å². The van der Waals surface area contributed by atoms with Gasteiger partial charge in [0.05, 0.1) is 6.42 Å². The van der Waals surface area contributed by atoms with Gasteiger partial charge in [0.15, 0.2) is 0 Å². The van der Waals surface area contributed by atoms with E-state index in [1.54, 1.807) is 18.2 Å². The maximum Gasteiger partial charge on any atom is 0.319 e. The van der Waals surface area contributed by atoms with Crippen LogP contribution in [0, 0.1) is 0 Å². The minimum absolute atomic E-state index is 0.168. The van der Waals surface area contributed by atoms with Gasteiger partial charge in [-0.2, -0.15) is 0 Å². The molecule has 0 saturated carbocycles. The van der Waals surface area contributed by atoms with Gasteiger partial charge in [-0.3, -0.25) is 4.79 Å². The van der Waals surface area contributed by atoms with Crippen molar-refractivity contribution in [3.05, 3.63) is 29.8 Å². The van der Waals surface area contributed by atoms with E-state index in [-0.39, 0.29) is 24.4 Å². The van der Waals surface area contributed by atoms with Gasteiger partial charge in [-0.15, -0.1) is 0 Å². The molecule has 0 aliphatic carbocycles. The summed E-state index contributed by atoms with van der Waals surface area (Å²) in [7, 11) is 0. The summed E-state index contributed by atoms with van der Waals surface area (Å²) < 4.78 is 5.43. The zero-order valence-electron chi connectivity index (χ0n) is 15.1. The Morgan fingerprint density at radius 3 is 2.58 bits per heavy atom. The second kappa shape index (κ2) is 9.00. The Morgan fingerprint density at radius 1 is 1.15 bits per heavy atom.